The molecule has 1 aromatic heterocycles. The summed E-state index contributed by atoms with van der Waals surface area (Å²) in [6.45, 7) is 2.03. The maximum atomic E-state index is 12.3. The average Bonchev–Trinajstić information content (AvgIpc) is 2.98. The predicted octanol–water partition coefficient (Wildman–Crippen LogP) is 5.68. The van der Waals surface area contributed by atoms with Gasteiger partial charge in [-0.1, -0.05) is 53.5 Å². The van der Waals surface area contributed by atoms with Gasteiger partial charge in [-0.2, -0.15) is 0 Å². The summed E-state index contributed by atoms with van der Waals surface area (Å²) >= 11 is 13.4. The maximum absolute atomic E-state index is 12.3. The molecule has 3 rings (SSSR count). The largest absolute Gasteiger partial charge is 0.298 e. The van der Waals surface area contributed by atoms with Crippen LogP contribution >= 0.6 is 34.5 Å². The molecule has 0 atom stereocenters. The normalized spacial score (nSPS) is 10.6. The first kappa shape index (κ1) is 16.0. The summed E-state index contributed by atoms with van der Waals surface area (Å²) in [4.78, 5) is 16.8. The second-order valence-corrected chi connectivity index (χ2v) is 6.55. The van der Waals surface area contributed by atoms with E-state index in [2.05, 4.69) is 10.3 Å². The van der Waals surface area contributed by atoms with Crippen LogP contribution in [0.2, 0.25) is 10.0 Å². The van der Waals surface area contributed by atoms with Crippen LogP contribution in [0, 0.1) is 6.92 Å². The van der Waals surface area contributed by atoms with Gasteiger partial charge in [0.2, 0.25) is 0 Å². The van der Waals surface area contributed by atoms with Crippen LogP contribution in [-0.2, 0) is 0 Å². The van der Waals surface area contributed by atoms with E-state index in [0.29, 0.717) is 15.7 Å². The van der Waals surface area contributed by atoms with E-state index in [0.717, 1.165) is 16.8 Å². The van der Waals surface area contributed by atoms with Crippen molar-refractivity contribution in [2.45, 2.75) is 6.92 Å². The lowest BCUT2D eigenvalue weighted by Gasteiger charge is -2.05. The molecule has 0 aliphatic carbocycles. The van der Waals surface area contributed by atoms with E-state index in [1.54, 1.807) is 18.2 Å². The minimum atomic E-state index is -0.330. The fourth-order valence-corrected chi connectivity index (χ4v) is 3.25. The van der Waals surface area contributed by atoms with E-state index >= 15 is 0 Å². The van der Waals surface area contributed by atoms with E-state index in [1.807, 2.05) is 36.6 Å². The number of carbonyl (C=O) groups is 1. The Balaban J connectivity index is 1.83. The third kappa shape index (κ3) is 3.39. The van der Waals surface area contributed by atoms with E-state index in [4.69, 9.17) is 23.2 Å². The number of anilines is 1. The topological polar surface area (TPSA) is 42.0 Å². The molecule has 0 aliphatic heterocycles. The average molecular weight is 363 g/mol. The van der Waals surface area contributed by atoms with Crippen LogP contribution in [0.5, 0.6) is 0 Å². The number of benzene rings is 2. The Kier molecular flexibility index (Phi) is 4.66. The fraction of sp³-hybridized carbons (Fsp3) is 0.0588. The quantitative estimate of drug-likeness (QED) is 0.651. The number of carbonyl (C=O) groups excluding carboxylic acids is 1. The van der Waals surface area contributed by atoms with Crippen LogP contribution in [0.25, 0.3) is 11.3 Å². The molecule has 0 saturated carbocycles. The molecular weight excluding hydrogens is 351 g/mol. The standard InChI is InChI=1S/C17H12Cl2N2OS/c1-10-5-2-3-6-11(10)14-9-23-17(20-14)21-16(22)12-7-4-8-13(18)15(12)19/h2-9H,1H3,(H,20,21,22). The number of hydrogen-bond donors (Lipinski definition) is 1. The van der Waals surface area contributed by atoms with Crippen molar-refractivity contribution in [3.63, 3.8) is 0 Å². The molecule has 0 radical (unpaired) electrons. The molecule has 116 valence electrons. The highest BCUT2D eigenvalue weighted by Gasteiger charge is 2.15. The summed E-state index contributed by atoms with van der Waals surface area (Å²) in [5.41, 5.74) is 3.34. The molecule has 3 nitrogen and oxygen atoms in total. The van der Waals surface area contributed by atoms with Crippen molar-refractivity contribution in [1.82, 2.24) is 4.98 Å². The summed E-state index contributed by atoms with van der Waals surface area (Å²) in [5, 5.41) is 5.78. The molecule has 0 fully saturated rings. The molecular formula is C17H12Cl2N2OS. The van der Waals surface area contributed by atoms with Crippen molar-refractivity contribution in [3.05, 3.63) is 69.0 Å². The Hall–Kier alpha value is -1.88. The Labute approximate surface area is 147 Å². The molecule has 1 N–H and O–H groups in total. The van der Waals surface area contributed by atoms with E-state index < -0.39 is 0 Å². The monoisotopic (exact) mass is 362 g/mol. The molecule has 6 heteroatoms. The Morgan fingerprint density at radius 1 is 1.13 bits per heavy atom. The van der Waals surface area contributed by atoms with Gasteiger partial charge in [-0.05, 0) is 24.6 Å². The molecule has 2 aromatic carbocycles. The van der Waals surface area contributed by atoms with Crippen molar-refractivity contribution in [2.75, 3.05) is 5.32 Å². The molecule has 0 spiro atoms. The number of halogens is 2. The number of aromatic nitrogens is 1. The number of nitrogens with one attached hydrogen (secondary N) is 1. The third-order valence-electron chi connectivity index (χ3n) is 3.34. The second-order valence-electron chi connectivity index (χ2n) is 4.91. The third-order valence-corrected chi connectivity index (χ3v) is 4.92. The molecule has 0 saturated heterocycles. The summed E-state index contributed by atoms with van der Waals surface area (Å²) in [5.74, 6) is -0.330. The van der Waals surface area contributed by atoms with Crippen LogP contribution in [0.4, 0.5) is 5.13 Å². The minimum Gasteiger partial charge on any atom is -0.298 e. The highest BCUT2D eigenvalue weighted by atomic mass is 35.5. The number of nitrogens with zero attached hydrogens (tertiary/aromatic N) is 1. The van der Waals surface area contributed by atoms with Gasteiger partial charge >= 0.3 is 0 Å². The van der Waals surface area contributed by atoms with Crippen molar-refractivity contribution in [2.24, 2.45) is 0 Å². The zero-order chi connectivity index (χ0) is 16.4. The van der Waals surface area contributed by atoms with Gasteiger partial charge in [0.25, 0.3) is 5.91 Å². The molecule has 3 aromatic rings. The number of rotatable bonds is 3. The van der Waals surface area contributed by atoms with Crippen LogP contribution < -0.4 is 5.32 Å². The van der Waals surface area contributed by atoms with Gasteiger partial charge in [0.05, 0.1) is 21.3 Å². The van der Waals surface area contributed by atoms with Crippen molar-refractivity contribution in [3.8, 4) is 11.3 Å². The molecule has 0 unspecified atom stereocenters. The first-order valence-corrected chi connectivity index (χ1v) is 8.46. The van der Waals surface area contributed by atoms with Gasteiger partial charge in [-0.15, -0.1) is 11.3 Å². The van der Waals surface area contributed by atoms with Crippen LogP contribution in [-0.4, -0.2) is 10.9 Å². The van der Waals surface area contributed by atoms with Gasteiger partial charge in [-0.3, -0.25) is 10.1 Å². The summed E-state index contributed by atoms with van der Waals surface area (Å²) in [6.07, 6.45) is 0. The first-order valence-electron chi connectivity index (χ1n) is 6.83. The predicted molar refractivity (Wildman–Crippen MR) is 96.7 cm³/mol. The highest BCUT2D eigenvalue weighted by molar-refractivity contribution is 7.14. The Morgan fingerprint density at radius 3 is 2.70 bits per heavy atom. The number of aryl methyl sites for hydroxylation is 1. The zero-order valence-electron chi connectivity index (χ0n) is 12.1. The van der Waals surface area contributed by atoms with Crippen LogP contribution in [0.15, 0.2) is 47.8 Å². The Morgan fingerprint density at radius 2 is 1.91 bits per heavy atom. The van der Waals surface area contributed by atoms with Crippen molar-refractivity contribution in [1.29, 1.82) is 0 Å². The lowest BCUT2D eigenvalue weighted by atomic mass is 10.1. The maximum Gasteiger partial charge on any atom is 0.259 e. The van der Waals surface area contributed by atoms with Crippen molar-refractivity contribution >= 4 is 45.6 Å². The fourth-order valence-electron chi connectivity index (χ4n) is 2.16. The first-order chi connectivity index (χ1) is 11.1. The van der Waals surface area contributed by atoms with E-state index in [1.165, 1.54) is 11.3 Å². The lowest BCUT2D eigenvalue weighted by molar-refractivity contribution is 0.102. The summed E-state index contributed by atoms with van der Waals surface area (Å²) in [7, 11) is 0. The number of hydrogen-bond acceptors (Lipinski definition) is 3. The van der Waals surface area contributed by atoms with Gasteiger partial charge in [-0.25, -0.2) is 4.98 Å². The summed E-state index contributed by atoms with van der Waals surface area (Å²) in [6, 6.07) is 12.9. The molecule has 1 heterocycles. The van der Waals surface area contributed by atoms with E-state index in [-0.39, 0.29) is 10.9 Å². The zero-order valence-corrected chi connectivity index (χ0v) is 14.5. The Bertz CT molecular complexity index is 877. The van der Waals surface area contributed by atoms with Gasteiger partial charge in [0.15, 0.2) is 5.13 Å². The minimum absolute atomic E-state index is 0.238. The number of thiazole rings is 1. The smallest absolute Gasteiger partial charge is 0.259 e. The highest BCUT2D eigenvalue weighted by Crippen LogP contribution is 2.29. The van der Waals surface area contributed by atoms with Gasteiger partial charge in [0.1, 0.15) is 0 Å². The molecule has 23 heavy (non-hydrogen) atoms. The van der Waals surface area contributed by atoms with Crippen LogP contribution in [0.3, 0.4) is 0 Å². The number of amides is 1. The second kappa shape index (κ2) is 6.71. The van der Waals surface area contributed by atoms with Crippen LogP contribution in [0.1, 0.15) is 15.9 Å². The van der Waals surface area contributed by atoms with Gasteiger partial charge < -0.3 is 0 Å². The van der Waals surface area contributed by atoms with E-state index in [9.17, 15) is 4.79 Å². The summed E-state index contributed by atoms with van der Waals surface area (Å²) < 4.78 is 0. The lowest BCUT2D eigenvalue weighted by Crippen LogP contribution is -2.12. The SMILES string of the molecule is Cc1ccccc1-c1csc(NC(=O)c2cccc(Cl)c2Cl)n1. The molecule has 0 bridgehead atoms. The molecule has 1 amide bonds. The van der Waals surface area contributed by atoms with Gasteiger partial charge in [0, 0.05) is 10.9 Å². The molecule has 0 aliphatic rings. The van der Waals surface area contributed by atoms with Crippen molar-refractivity contribution < 1.29 is 4.79 Å².